The van der Waals surface area contributed by atoms with Gasteiger partial charge in [0.2, 0.25) is 11.6 Å². The first-order valence-electron chi connectivity index (χ1n) is 7.55. The Bertz CT molecular complexity index is 1070. The highest BCUT2D eigenvalue weighted by Crippen LogP contribution is 2.40. The number of fused-ring (bicyclic) bond motifs is 4. The Labute approximate surface area is 136 Å². The van der Waals surface area contributed by atoms with Gasteiger partial charge < -0.3 is 18.6 Å². The van der Waals surface area contributed by atoms with Crippen molar-refractivity contribution in [1.82, 2.24) is 14.6 Å². The highest BCUT2D eigenvalue weighted by atomic mass is 16.6. The van der Waals surface area contributed by atoms with Crippen LogP contribution in [0.5, 0.6) is 17.4 Å². The van der Waals surface area contributed by atoms with Gasteiger partial charge in [0.05, 0.1) is 13.3 Å². The molecule has 4 heterocycles. The van der Waals surface area contributed by atoms with Crippen molar-refractivity contribution in [3.63, 3.8) is 0 Å². The van der Waals surface area contributed by atoms with Crippen LogP contribution >= 0.6 is 0 Å². The summed E-state index contributed by atoms with van der Waals surface area (Å²) in [6.07, 6.45) is 1.80. The third-order valence-corrected chi connectivity index (χ3v) is 3.95. The number of hydrogen-bond donors (Lipinski definition) is 0. The molecule has 0 aliphatic carbocycles. The summed E-state index contributed by atoms with van der Waals surface area (Å²) >= 11 is 0. The van der Waals surface area contributed by atoms with Gasteiger partial charge in [-0.3, -0.25) is 0 Å². The van der Waals surface area contributed by atoms with Crippen molar-refractivity contribution in [3.05, 3.63) is 36.5 Å². The molecular weight excluding hydrogens is 310 g/mol. The lowest BCUT2D eigenvalue weighted by Gasteiger charge is -2.17. The van der Waals surface area contributed by atoms with Crippen LogP contribution in [0, 0.1) is 0 Å². The smallest absolute Gasteiger partial charge is 0.231 e. The quantitative estimate of drug-likeness (QED) is 0.565. The Hall–Kier alpha value is -3.22. The van der Waals surface area contributed by atoms with Gasteiger partial charge in [0.25, 0.3) is 0 Å². The van der Waals surface area contributed by atoms with Crippen molar-refractivity contribution in [2.75, 3.05) is 20.3 Å². The second-order valence-electron chi connectivity index (χ2n) is 5.42. The van der Waals surface area contributed by atoms with Crippen LogP contribution < -0.4 is 14.2 Å². The lowest BCUT2D eigenvalue weighted by atomic mass is 10.2. The lowest BCUT2D eigenvalue weighted by Crippen LogP contribution is -2.15. The van der Waals surface area contributed by atoms with Gasteiger partial charge in [0, 0.05) is 11.5 Å². The average Bonchev–Trinajstić information content (AvgIpc) is 3.24. The van der Waals surface area contributed by atoms with Crippen LogP contribution in [0.2, 0.25) is 0 Å². The number of nitrogens with zero attached hydrogens (tertiary/aromatic N) is 3. The summed E-state index contributed by atoms with van der Waals surface area (Å²) in [5.41, 5.74) is 2.08. The second kappa shape index (κ2) is 4.89. The van der Waals surface area contributed by atoms with Gasteiger partial charge in [-0.15, -0.1) is 5.10 Å². The van der Waals surface area contributed by atoms with Gasteiger partial charge in [0.1, 0.15) is 18.9 Å². The van der Waals surface area contributed by atoms with Gasteiger partial charge in [-0.1, -0.05) is 0 Å². The molecule has 7 nitrogen and oxygen atoms in total. The molecule has 24 heavy (non-hydrogen) atoms. The molecule has 7 heteroatoms. The Morgan fingerprint density at radius 2 is 2.04 bits per heavy atom. The number of aromatic nitrogens is 3. The molecule has 5 rings (SSSR count). The van der Waals surface area contributed by atoms with Gasteiger partial charge in [-0.25, -0.2) is 9.50 Å². The van der Waals surface area contributed by atoms with Crippen molar-refractivity contribution in [2.45, 2.75) is 0 Å². The molecule has 0 bridgehead atoms. The third-order valence-electron chi connectivity index (χ3n) is 3.95. The Balaban J connectivity index is 1.66. The minimum Gasteiger partial charge on any atom is -0.486 e. The van der Waals surface area contributed by atoms with Crippen molar-refractivity contribution in [3.8, 4) is 28.8 Å². The van der Waals surface area contributed by atoms with E-state index >= 15 is 0 Å². The van der Waals surface area contributed by atoms with E-state index in [1.807, 2.05) is 24.3 Å². The molecule has 0 unspecified atom stereocenters. The maximum Gasteiger partial charge on any atom is 0.231 e. The highest BCUT2D eigenvalue weighted by molar-refractivity contribution is 5.89. The molecule has 1 aliphatic heterocycles. The zero-order valence-electron chi connectivity index (χ0n) is 12.9. The van der Waals surface area contributed by atoms with Gasteiger partial charge >= 0.3 is 0 Å². The van der Waals surface area contributed by atoms with Crippen LogP contribution in [0.3, 0.4) is 0 Å². The van der Waals surface area contributed by atoms with Crippen LogP contribution in [0.4, 0.5) is 0 Å². The summed E-state index contributed by atoms with van der Waals surface area (Å²) in [6.45, 7) is 1.06. The first-order valence-corrected chi connectivity index (χ1v) is 7.55. The lowest BCUT2D eigenvalue weighted by molar-refractivity contribution is 0.172. The molecule has 0 radical (unpaired) electrons. The molecule has 0 amide bonds. The van der Waals surface area contributed by atoms with E-state index in [1.54, 1.807) is 23.9 Å². The minimum absolute atomic E-state index is 0.514. The molecule has 0 saturated heterocycles. The standard InChI is InChI=1S/C17H13N3O4/c1-21-15-5-4-14-18-11(9-20(14)19-15)13-8-10-2-3-12-17(16(10)24-13)23-7-6-22-12/h2-5,8-9H,6-7H2,1H3. The number of benzene rings is 1. The molecular formula is C17H13N3O4. The van der Waals surface area contributed by atoms with Crippen molar-refractivity contribution in [2.24, 2.45) is 0 Å². The predicted molar refractivity (Wildman–Crippen MR) is 85.7 cm³/mol. The van der Waals surface area contributed by atoms with E-state index in [1.165, 1.54) is 0 Å². The average molecular weight is 323 g/mol. The summed E-state index contributed by atoms with van der Waals surface area (Å²) < 4.78 is 24.1. The molecule has 1 aromatic carbocycles. The molecule has 1 aliphatic rings. The largest absolute Gasteiger partial charge is 0.486 e. The number of hydrogen-bond acceptors (Lipinski definition) is 6. The SMILES string of the molecule is COc1ccc2nc(-c3cc4ccc5c(c4o3)OCCO5)cn2n1. The summed E-state index contributed by atoms with van der Waals surface area (Å²) in [4.78, 5) is 4.54. The summed E-state index contributed by atoms with van der Waals surface area (Å²) in [7, 11) is 1.58. The third kappa shape index (κ3) is 1.91. The first-order chi connectivity index (χ1) is 11.8. The summed E-state index contributed by atoms with van der Waals surface area (Å²) in [6, 6.07) is 9.40. The fourth-order valence-corrected chi connectivity index (χ4v) is 2.82. The fourth-order valence-electron chi connectivity index (χ4n) is 2.82. The Kier molecular flexibility index (Phi) is 2.70. The molecule has 3 aromatic heterocycles. The van der Waals surface area contributed by atoms with Crippen molar-refractivity contribution >= 4 is 16.6 Å². The minimum atomic E-state index is 0.514. The first kappa shape index (κ1) is 13.2. The van der Waals surface area contributed by atoms with E-state index in [4.69, 9.17) is 18.6 Å². The van der Waals surface area contributed by atoms with E-state index < -0.39 is 0 Å². The van der Waals surface area contributed by atoms with Crippen molar-refractivity contribution < 1.29 is 18.6 Å². The van der Waals surface area contributed by atoms with Gasteiger partial charge in [-0.05, 0) is 24.3 Å². The zero-order valence-corrected chi connectivity index (χ0v) is 12.9. The van der Waals surface area contributed by atoms with Crippen LogP contribution in [0.1, 0.15) is 0 Å². The van der Waals surface area contributed by atoms with Gasteiger partial charge in [0.15, 0.2) is 22.7 Å². The monoisotopic (exact) mass is 323 g/mol. The van der Waals surface area contributed by atoms with E-state index in [-0.39, 0.29) is 0 Å². The van der Waals surface area contributed by atoms with E-state index in [0.29, 0.717) is 53.3 Å². The van der Waals surface area contributed by atoms with Crippen LogP contribution in [-0.2, 0) is 0 Å². The van der Waals surface area contributed by atoms with Crippen LogP contribution in [-0.4, -0.2) is 34.9 Å². The van der Waals surface area contributed by atoms with Crippen LogP contribution in [0.15, 0.2) is 40.9 Å². The number of furan rings is 1. The molecule has 4 aromatic rings. The van der Waals surface area contributed by atoms with E-state index in [9.17, 15) is 0 Å². The molecule has 0 saturated carbocycles. The summed E-state index contributed by atoms with van der Waals surface area (Å²) in [5, 5.41) is 5.25. The molecule has 0 atom stereocenters. The number of ether oxygens (including phenoxy) is 3. The van der Waals surface area contributed by atoms with Crippen LogP contribution in [0.25, 0.3) is 28.1 Å². The number of imidazole rings is 1. The maximum absolute atomic E-state index is 6.00. The molecule has 0 fully saturated rings. The van der Waals surface area contributed by atoms with Gasteiger partial charge in [-0.2, -0.15) is 0 Å². The normalized spacial score (nSPS) is 13.5. The number of rotatable bonds is 2. The fraction of sp³-hybridized carbons (Fsp3) is 0.176. The van der Waals surface area contributed by atoms with E-state index in [2.05, 4.69) is 10.1 Å². The Morgan fingerprint density at radius 1 is 1.12 bits per heavy atom. The number of methoxy groups -OCH3 is 1. The highest BCUT2D eigenvalue weighted by Gasteiger charge is 2.20. The molecule has 120 valence electrons. The maximum atomic E-state index is 6.00. The second-order valence-corrected chi connectivity index (χ2v) is 5.42. The summed E-state index contributed by atoms with van der Waals surface area (Å²) in [5.74, 6) is 2.53. The topological polar surface area (TPSA) is 71.0 Å². The zero-order chi connectivity index (χ0) is 16.1. The van der Waals surface area contributed by atoms with Crippen molar-refractivity contribution in [1.29, 1.82) is 0 Å². The predicted octanol–water partition coefficient (Wildman–Crippen LogP) is 2.92. The molecule has 0 spiro atoms. The Morgan fingerprint density at radius 3 is 2.96 bits per heavy atom. The van der Waals surface area contributed by atoms with E-state index in [0.717, 1.165) is 5.39 Å². The molecule has 0 N–H and O–H groups in total.